The molecule has 0 saturated carbocycles. The molecule has 3 N–H and O–H groups in total. The molecule has 7 heteroatoms. The number of hydrogen-bond acceptors (Lipinski definition) is 4. The van der Waals surface area contributed by atoms with E-state index in [2.05, 4.69) is 22.3 Å². The molecule has 3 rings (SSSR count). The molecule has 1 aliphatic rings. The van der Waals surface area contributed by atoms with Crippen LogP contribution in [0.5, 0.6) is 5.75 Å². The van der Waals surface area contributed by atoms with Crippen LogP contribution in [0.25, 0.3) is 0 Å². The van der Waals surface area contributed by atoms with Crippen molar-refractivity contribution < 1.29 is 9.53 Å². The highest BCUT2D eigenvalue weighted by molar-refractivity contribution is 6.30. The zero-order chi connectivity index (χ0) is 18.4. The van der Waals surface area contributed by atoms with Crippen LogP contribution in [-0.2, 0) is 4.79 Å². The van der Waals surface area contributed by atoms with Gasteiger partial charge in [0.1, 0.15) is 12.4 Å². The monoisotopic (exact) mass is 409 g/mol. The number of rotatable bonds is 7. The molecule has 1 saturated heterocycles. The van der Waals surface area contributed by atoms with E-state index in [1.165, 1.54) is 5.56 Å². The fourth-order valence-electron chi connectivity index (χ4n) is 3.27. The number of carbonyl (C=O) groups excluding carboxylic acids is 1. The molecule has 1 heterocycles. The Labute approximate surface area is 171 Å². The first-order valence-electron chi connectivity index (χ1n) is 8.80. The van der Waals surface area contributed by atoms with Crippen LogP contribution < -0.4 is 15.8 Å². The minimum Gasteiger partial charge on any atom is -0.492 e. The number of nitrogens with two attached hydrogens (primary N) is 1. The normalized spacial score (nSPS) is 19.3. The molecule has 0 unspecified atom stereocenters. The molecule has 0 aliphatic carbocycles. The lowest BCUT2D eigenvalue weighted by Crippen LogP contribution is -2.38. The van der Waals surface area contributed by atoms with Crippen LogP contribution in [0, 0.1) is 0 Å². The van der Waals surface area contributed by atoms with Gasteiger partial charge in [-0.3, -0.25) is 9.69 Å². The van der Waals surface area contributed by atoms with E-state index in [1.54, 1.807) is 12.1 Å². The fourth-order valence-corrected chi connectivity index (χ4v) is 3.45. The number of ether oxygens (including phenoxy) is 1. The number of nitrogens with zero attached hydrogens (tertiary/aromatic N) is 1. The molecule has 146 valence electrons. The van der Waals surface area contributed by atoms with Crippen molar-refractivity contribution in [2.24, 2.45) is 5.73 Å². The molecule has 2 atom stereocenters. The van der Waals surface area contributed by atoms with Crippen LogP contribution in [0.1, 0.15) is 11.5 Å². The van der Waals surface area contributed by atoms with Gasteiger partial charge in [-0.2, -0.15) is 0 Å². The van der Waals surface area contributed by atoms with E-state index in [0.717, 1.165) is 13.1 Å². The molecule has 0 bridgehead atoms. The van der Waals surface area contributed by atoms with Crippen LogP contribution in [-0.4, -0.2) is 49.6 Å². The maximum Gasteiger partial charge on any atom is 0.234 e. The Hall–Kier alpha value is -1.79. The van der Waals surface area contributed by atoms with E-state index in [-0.39, 0.29) is 30.3 Å². The molecule has 27 heavy (non-hydrogen) atoms. The van der Waals surface area contributed by atoms with E-state index in [0.29, 0.717) is 30.5 Å². The highest BCUT2D eigenvalue weighted by atomic mass is 35.5. The number of nitrogens with one attached hydrogen (secondary N) is 1. The van der Waals surface area contributed by atoms with Gasteiger partial charge >= 0.3 is 0 Å². The van der Waals surface area contributed by atoms with Crippen LogP contribution in [0.4, 0.5) is 0 Å². The molecule has 0 radical (unpaired) electrons. The van der Waals surface area contributed by atoms with Gasteiger partial charge in [-0.25, -0.2) is 0 Å². The quantitative estimate of drug-likeness (QED) is 0.689. The molecular weight excluding hydrogens is 385 g/mol. The standard InChI is InChI=1S/C20H24ClN3O2.ClH/c21-16-7-4-8-17(11-16)26-10-9-23-20(25)14-24-12-18(19(22)13-24)15-5-2-1-3-6-15;/h1-8,11,18-19H,9-10,12-14,22H2,(H,23,25);1H/t18-,19+;/m0./s1. The second kappa shape index (κ2) is 10.5. The lowest BCUT2D eigenvalue weighted by molar-refractivity contribution is -0.122. The van der Waals surface area contributed by atoms with Crippen LogP contribution in [0.15, 0.2) is 54.6 Å². The number of benzene rings is 2. The highest BCUT2D eigenvalue weighted by Gasteiger charge is 2.31. The molecule has 2 aromatic rings. The minimum absolute atomic E-state index is 0. The van der Waals surface area contributed by atoms with Crippen molar-refractivity contribution in [2.45, 2.75) is 12.0 Å². The third-order valence-corrected chi connectivity index (χ3v) is 4.76. The van der Waals surface area contributed by atoms with Gasteiger partial charge in [0.2, 0.25) is 5.91 Å². The van der Waals surface area contributed by atoms with Gasteiger partial charge < -0.3 is 15.8 Å². The molecular formula is C20H25Cl2N3O2. The number of hydrogen-bond donors (Lipinski definition) is 2. The van der Waals surface area contributed by atoms with Crippen molar-refractivity contribution in [3.05, 3.63) is 65.2 Å². The van der Waals surface area contributed by atoms with Gasteiger partial charge in [-0.15, -0.1) is 12.4 Å². The largest absolute Gasteiger partial charge is 0.492 e. The number of carbonyl (C=O) groups is 1. The van der Waals surface area contributed by atoms with Crippen LogP contribution in [0.3, 0.4) is 0 Å². The molecule has 1 fully saturated rings. The third-order valence-electron chi connectivity index (χ3n) is 4.52. The minimum atomic E-state index is -0.0133. The number of halogens is 2. The van der Waals surface area contributed by atoms with Crippen molar-refractivity contribution in [1.29, 1.82) is 0 Å². The second-order valence-corrected chi connectivity index (χ2v) is 6.97. The summed E-state index contributed by atoms with van der Waals surface area (Å²) in [6.07, 6.45) is 0. The average molecular weight is 410 g/mol. The molecule has 1 aliphatic heterocycles. The molecule has 1 amide bonds. The topological polar surface area (TPSA) is 67.6 Å². The summed E-state index contributed by atoms with van der Waals surface area (Å²) < 4.78 is 5.57. The summed E-state index contributed by atoms with van der Waals surface area (Å²) in [6.45, 7) is 2.74. The van der Waals surface area contributed by atoms with E-state index in [4.69, 9.17) is 22.1 Å². The summed E-state index contributed by atoms with van der Waals surface area (Å²) in [7, 11) is 0. The lowest BCUT2D eigenvalue weighted by atomic mass is 9.95. The Morgan fingerprint density at radius 1 is 1.19 bits per heavy atom. The molecule has 0 aromatic heterocycles. The SMILES string of the molecule is Cl.N[C@@H]1CN(CC(=O)NCCOc2cccc(Cl)c2)C[C@H]1c1ccccc1. The summed E-state index contributed by atoms with van der Waals surface area (Å²) in [5.74, 6) is 0.957. The molecule has 2 aromatic carbocycles. The van der Waals surface area contributed by atoms with E-state index in [9.17, 15) is 4.79 Å². The summed E-state index contributed by atoms with van der Waals surface area (Å²) >= 11 is 5.91. The number of likely N-dealkylation sites (tertiary alicyclic amines) is 1. The van der Waals surface area contributed by atoms with Crippen LogP contribution >= 0.6 is 24.0 Å². The van der Waals surface area contributed by atoms with E-state index < -0.39 is 0 Å². The Morgan fingerprint density at radius 3 is 2.70 bits per heavy atom. The maximum absolute atomic E-state index is 12.1. The van der Waals surface area contributed by atoms with E-state index in [1.807, 2.05) is 30.3 Å². The van der Waals surface area contributed by atoms with Gasteiger partial charge in [0.25, 0.3) is 0 Å². The van der Waals surface area contributed by atoms with Gasteiger partial charge in [-0.05, 0) is 23.8 Å². The van der Waals surface area contributed by atoms with Gasteiger partial charge in [0.05, 0.1) is 13.1 Å². The summed E-state index contributed by atoms with van der Waals surface area (Å²) in [5, 5.41) is 3.51. The second-order valence-electron chi connectivity index (χ2n) is 6.53. The maximum atomic E-state index is 12.1. The van der Waals surface area contributed by atoms with Crippen molar-refractivity contribution in [2.75, 3.05) is 32.8 Å². The third kappa shape index (κ3) is 6.40. The highest BCUT2D eigenvalue weighted by Crippen LogP contribution is 2.25. The Morgan fingerprint density at radius 2 is 1.96 bits per heavy atom. The fraction of sp³-hybridized carbons (Fsp3) is 0.350. The zero-order valence-electron chi connectivity index (χ0n) is 15.0. The zero-order valence-corrected chi connectivity index (χ0v) is 16.6. The average Bonchev–Trinajstić information content (AvgIpc) is 3.00. The van der Waals surface area contributed by atoms with Gasteiger partial charge in [0.15, 0.2) is 0 Å². The first-order valence-corrected chi connectivity index (χ1v) is 9.17. The summed E-state index contributed by atoms with van der Waals surface area (Å²) in [6, 6.07) is 17.5. The Bertz CT molecular complexity index is 730. The van der Waals surface area contributed by atoms with E-state index >= 15 is 0 Å². The van der Waals surface area contributed by atoms with Gasteiger partial charge in [-0.1, -0.05) is 48.0 Å². The Balaban J connectivity index is 0.00000261. The predicted octanol–water partition coefficient (Wildman–Crippen LogP) is 2.68. The number of amides is 1. The van der Waals surface area contributed by atoms with Gasteiger partial charge in [0, 0.05) is 30.1 Å². The smallest absolute Gasteiger partial charge is 0.234 e. The van der Waals surface area contributed by atoms with Crippen molar-refractivity contribution in [1.82, 2.24) is 10.2 Å². The molecule has 5 nitrogen and oxygen atoms in total. The summed E-state index contributed by atoms with van der Waals surface area (Å²) in [4.78, 5) is 14.3. The summed E-state index contributed by atoms with van der Waals surface area (Å²) in [5.41, 5.74) is 7.51. The van der Waals surface area contributed by atoms with Crippen molar-refractivity contribution >= 4 is 29.9 Å². The van der Waals surface area contributed by atoms with Crippen molar-refractivity contribution in [3.63, 3.8) is 0 Å². The predicted molar refractivity (Wildman–Crippen MR) is 111 cm³/mol. The lowest BCUT2D eigenvalue weighted by Gasteiger charge is -2.16. The Kier molecular flexibility index (Phi) is 8.38. The first-order chi connectivity index (χ1) is 12.6. The van der Waals surface area contributed by atoms with Crippen LogP contribution in [0.2, 0.25) is 5.02 Å². The first kappa shape index (κ1) is 21.5. The van der Waals surface area contributed by atoms with Crippen molar-refractivity contribution in [3.8, 4) is 5.75 Å². The molecule has 0 spiro atoms.